The Hall–Kier alpha value is -0.910. The Kier molecular flexibility index (Phi) is 6.32. The van der Waals surface area contributed by atoms with Gasteiger partial charge in [-0.25, -0.2) is 0 Å². The summed E-state index contributed by atoms with van der Waals surface area (Å²) in [6.07, 6.45) is 1.88. The van der Waals surface area contributed by atoms with Gasteiger partial charge in [-0.05, 0) is 21.0 Å². The third-order valence-electron chi connectivity index (χ3n) is 3.09. The van der Waals surface area contributed by atoms with E-state index in [1.165, 1.54) is 0 Å². The molecule has 1 N–H and O–H groups in total. The van der Waals surface area contributed by atoms with Crippen molar-refractivity contribution >= 4 is 5.91 Å². The number of rotatable bonds is 6. The van der Waals surface area contributed by atoms with E-state index in [-0.39, 0.29) is 18.1 Å². The summed E-state index contributed by atoms with van der Waals surface area (Å²) in [5, 5.41) is 2.84. The molecule has 1 aliphatic heterocycles. The first-order chi connectivity index (χ1) is 8.54. The molecule has 1 amide bonds. The van der Waals surface area contributed by atoms with Crippen molar-refractivity contribution in [2.24, 2.45) is 0 Å². The van der Waals surface area contributed by atoms with Crippen LogP contribution in [0.5, 0.6) is 0 Å². The number of ether oxygens (including phenoxy) is 1. The summed E-state index contributed by atoms with van der Waals surface area (Å²) in [5.74, 6) is 0.0559. The Bertz CT molecular complexity index is 281. The molecule has 104 valence electrons. The fourth-order valence-electron chi connectivity index (χ4n) is 2.10. The van der Waals surface area contributed by atoms with E-state index in [0.717, 1.165) is 19.6 Å². The Morgan fingerprint density at radius 2 is 2.39 bits per heavy atom. The molecular weight excluding hydrogens is 230 g/mol. The zero-order valence-corrected chi connectivity index (χ0v) is 11.7. The van der Waals surface area contributed by atoms with Crippen molar-refractivity contribution in [2.45, 2.75) is 19.1 Å². The largest absolute Gasteiger partial charge is 0.374 e. The van der Waals surface area contributed by atoms with Gasteiger partial charge in [0.25, 0.3) is 0 Å². The molecule has 0 aromatic rings. The molecule has 5 heteroatoms. The Morgan fingerprint density at radius 3 is 3.00 bits per heavy atom. The second-order valence-corrected chi connectivity index (χ2v) is 4.96. The van der Waals surface area contributed by atoms with Gasteiger partial charge in [0, 0.05) is 26.2 Å². The van der Waals surface area contributed by atoms with Gasteiger partial charge in [-0.1, -0.05) is 6.08 Å². The Balaban J connectivity index is 2.44. The molecule has 18 heavy (non-hydrogen) atoms. The fraction of sp³-hybridized carbons (Fsp3) is 0.769. The molecule has 1 fully saturated rings. The van der Waals surface area contributed by atoms with Gasteiger partial charge in [-0.2, -0.15) is 0 Å². The molecule has 0 aromatic carbocycles. The molecule has 0 saturated carbocycles. The zero-order chi connectivity index (χ0) is 13.5. The van der Waals surface area contributed by atoms with Crippen LogP contribution in [0.2, 0.25) is 0 Å². The monoisotopic (exact) mass is 255 g/mol. The smallest absolute Gasteiger partial charge is 0.237 e. The van der Waals surface area contributed by atoms with Crippen LogP contribution >= 0.6 is 0 Å². The highest BCUT2D eigenvalue weighted by Crippen LogP contribution is 2.09. The van der Waals surface area contributed by atoms with Crippen molar-refractivity contribution in [1.82, 2.24) is 15.1 Å². The van der Waals surface area contributed by atoms with E-state index in [4.69, 9.17) is 4.74 Å². The van der Waals surface area contributed by atoms with Crippen LogP contribution in [-0.2, 0) is 9.53 Å². The van der Waals surface area contributed by atoms with Crippen molar-refractivity contribution in [3.05, 3.63) is 12.7 Å². The van der Waals surface area contributed by atoms with E-state index in [1.807, 2.05) is 21.0 Å². The molecular formula is C13H25N3O2. The van der Waals surface area contributed by atoms with Crippen LogP contribution in [0.1, 0.15) is 6.92 Å². The molecule has 0 radical (unpaired) electrons. The molecule has 0 unspecified atom stereocenters. The van der Waals surface area contributed by atoms with Gasteiger partial charge in [0.1, 0.15) is 0 Å². The number of carbonyl (C=O) groups excluding carboxylic acids is 1. The summed E-state index contributed by atoms with van der Waals surface area (Å²) in [6.45, 7) is 9.26. The van der Waals surface area contributed by atoms with Crippen molar-refractivity contribution in [2.75, 3.05) is 46.9 Å². The molecule has 1 saturated heterocycles. The normalized spacial score (nSPS) is 22.8. The van der Waals surface area contributed by atoms with Crippen LogP contribution in [0.3, 0.4) is 0 Å². The number of nitrogens with zero attached hydrogens (tertiary/aromatic N) is 2. The van der Waals surface area contributed by atoms with E-state index >= 15 is 0 Å². The van der Waals surface area contributed by atoms with Crippen LogP contribution < -0.4 is 5.32 Å². The molecule has 0 bridgehead atoms. The molecule has 1 aliphatic rings. The second-order valence-electron chi connectivity index (χ2n) is 4.96. The molecule has 0 aliphatic carbocycles. The standard InChI is InChI=1S/C13H25N3O2/c1-5-6-14-13(17)11(2)16-7-8-18-12(10-16)9-15(3)4/h5,11-12H,1,6-10H2,2-4H3,(H,14,17)/t11-,12-/m0/s1. The van der Waals surface area contributed by atoms with Crippen molar-refractivity contribution in [3.63, 3.8) is 0 Å². The van der Waals surface area contributed by atoms with Gasteiger partial charge >= 0.3 is 0 Å². The van der Waals surface area contributed by atoms with Crippen molar-refractivity contribution < 1.29 is 9.53 Å². The number of hydrogen-bond acceptors (Lipinski definition) is 4. The Labute approximate surface area is 110 Å². The number of likely N-dealkylation sites (N-methyl/N-ethyl adjacent to an activating group) is 1. The number of carbonyl (C=O) groups is 1. The highest BCUT2D eigenvalue weighted by Gasteiger charge is 2.27. The van der Waals surface area contributed by atoms with Crippen LogP contribution in [0.15, 0.2) is 12.7 Å². The van der Waals surface area contributed by atoms with Crippen LogP contribution in [0, 0.1) is 0 Å². The van der Waals surface area contributed by atoms with Gasteiger partial charge in [0.05, 0.1) is 18.8 Å². The second kappa shape index (κ2) is 7.51. The summed E-state index contributed by atoms with van der Waals surface area (Å²) in [6, 6.07) is -0.112. The Morgan fingerprint density at radius 1 is 1.67 bits per heavy atom. The van der Waals surface area contributed by atoms with Gasteiger partial charge in [0.2, 0.25) is 5.91 Å². The predicted molar refractivity (Wildman–Crippen MR) is 72.5 cm³/mol. The van der Waals surface area contributed by atoms with E-state index in [9.17, 15) is 4.79 Å². The SMILES string of the molecule is C=CCNC(=O)[C@H](C)N1CCO[C@@H](CN(C)C)C1. The van der Waals surface area contributed by atoms with E-state index in [2.05, 4.69) is 21.7 Å². The highest BCUT2D eigenvalue weighted by atomic mass is 16.5. The first kappa shape index (κ1) is 15.1. The average molecular weight is 255 g/mol. The van der Waals surface area contributed by atoms with E-state index in [1.54, 1.807) is 6.08 Å². The fourth-order valence-corrected chi connectivity index (χ4v) is 2.10. The lowest BCUT2D eigenvalue weighted by molar-refractivity contribution is -0.129. The maximum atomic E-state index is 11.9. The zero-order valence-electron chi connectivity index (χ0n) is 11.7. The summed E-state index contributed by atoms with van der Waals surface area (Å²) in [4.78, 5) is 16.2. The minimum absolute atomic E-state index is 0.0559. The number of morpholine rings is 1. The molecule has 0 spiro atoms. The summed E-state index contributed by atoms with van der Waals surface area (Å²) in [7, 11) is 4.06. The van der Waals surface area contributed by atoms with Gasteiger partial charge in [-0.3, -0.25) is 9.69 Å². The van der Waals surface area contributed by atoms with Crippen LogP contribution in [-0.4, -0.2) is 74.7 Å². The van der Waals surface area contributed by atoms with Gasteiger partial charge in [-0.15, -0.1) is 6.58 Å². The number of amides is 1. The summed E-state index contributed by atoms with van der Waals surface area (Å²) >= 11 is 0. The minimum Gasteiger partial charge on any atom is -0.374 e. The van der Waals surface area contributed by atoms with E-state index < -0.39 is 0 Å². The highest BCUT2D eigenvalue weighted by molar-refractivity contribution is 5.81. The predicted octanol–water partition coefficient (Wildman–Crippen LogP) is -0.0605. The van der Waals surface area contributed by atoms with E-state index in [0.29, 0.717) is 13.2 Å². The van der Waals surface area contributed by atoms with Crippen LogP contribution in [0.4, 0.5) is 0 Å². The first-order valence-electron chi connectivity index (χ1n) is 6.43. The quantitative estimate of drug-likeness (QED) is 0.675. The average Bonchev–Trinajstić information content (AvgIpc) is 2.34. The van der Waals surface area contributed by atoms with Crippen molar-refractivity contribution in [3.8, 4) is 0 Å². The van der Waals surface area contributed by atoms with Crippen LogP contribution in [0.25, 0.3) is 0 Å². The lowest BCUT2D eigenvalue weighted by Crippen LogP contribution is -2.53. The molecule has 0 aromatic heterocycles. The third-order valence-corrected chi connectivity index (χ3v) is 3.09. The molecule has 1 rings (SSSR count). The lowest BCUT2D eigenvalue weighted by atomic mass is 10.2. The maximum absolute atomic E-state index is 11.9. The van der Waals surface area contributed by atoms with Crippen molar-refractivity contribution in [1.29, 1.82) is 0 Å². The number of nitrogens with one attached hydrogen (secondary N) is 1. The minimum atomic E-state index is -0.112. The van der Waals surface area contributed by atoms with Gasteiger partial charge in [0.15, 0.2) is 0 Å². The molecule has 1 heterocycles. The summed E-state index contributed by atoms with van der Waals surface area (Å²) in [5.41, 5.74) is 0. The molecule has 2 atom stereocenters. The number of hydrogen-bond donors (Lipinski definition) is 1. The first-order valence-corrected chi connectivity index (χ1v) is 6.43. The molecule has 5 nitrogen and oxygen atoms in total. The topological polar surface area (TPSA) is 44.8 Å². The summed E-state index contributed by atoms with van der Waals surface area (Å²) < 4.78 is 5.70. The lowest BCUT2D eigenvalue weighted by Gasteiger charge is -2.37. The third kappa shape index (κ3) is 4.76. The maximum Gasteiger partial charge on any atom is 0.237 e. The van der Waals surface area contributed by atoms with Gasteiger partial charge < -0.3 is 15.0 Å².